The van der Waals surface area contributed by atoms with E-state index in [1.54, 1.807) is 0 Å². The molecule has 0 bridgehead atoms. The molecule has 2 heteroatoms. The average molecular weight is 257 g/mol. The maximum atomic E-state index is 5.77. The fraction of sp³-hybridized carbons (Fsp3) is 1.00. The molecular weight excluding hydrogens is 222 g/mol. The van der Waals surface area contributed by atoms with Gasteiger partial charge in [0.05, 0.1) is 0 Å². The highest BCUT2D eigenvalue weighted by molar-refractivity contribution is 4.80. The summed E-state index contributed by atoms with van der Waals surface area (Å²) in [7, 11) is 0. The van der Waals surface area contributed by atoms with Gasteiger partial charge in [0.1, 0.15) is 0 Å². The van der Waals surface area contributed by atoms with Crippen LogP contribution in [0, 0.1) is 17.3 Å². The molecule has 0 aliphatic carbocycles. The van der Waals surface area contributed by atoms with Crippen molar-refractivity contribution < 1.29 is 4.74 Å². The summed E-state index contributed by atoms with van der Waals surface area (Å²) in [4.78, 5) is 0. The maximum Gasteiger partial charge on any atom is 0.0471 e. The monoisotopic (exact) mass is 257 g/mol. The van der Waals surface area contributed by atoms with Gasteiger partial charge in [0.15, 0.2) is 0 Å². The summed E-state index contributed by atoms with van der Waals surface area (Å²) in [5.41, 5.74) is 0.335. The minimum Gasteiger partial charge on any atom is -0.381 e. The van der Waals surface area contributed by atoms with E-state index in [-0.39, 0.29) is 0 Å². The summed E-state index contributed by atoms with van der Waals surface area (Å²) in [6.07, 6.45) is 2.31. The van der Waals surface area contributed by atoms with E-state index in [2.05, 4.69) is 53.8 Å². The molecule has 0 aromatic rings. The van der Waals surface area contributed by atoms with Crippen molar-refractivity contribution >= 4 is 0 Å². The average Bonchev–Trinajstić information content (AvgIpc) is 2.25. The molecule has 0 spiro atoms. The van der Waals surface area contributed by atoms with Crippen LogP contribution in [-0.4, -0.2) is 25.8 Å². The zero-order valence-electron chi connectivity index (χ0n) is 13.7. The van der Waals surface area contributed by atoms with Crippen molar-refractivity contribution in [1.29, 1.82) is 0 Å². The fourth-order valence-corrected chi connectivity index (χ4v) is 1.74. The molecule has 0 aromatic heterocycles. The van der Waals surface area contributed by atoms with Crippen LogP contribution in [0.25, 0.3) is 0 Å². The normalized spacial score (nSPS) is 15.7. The molecule has 0 saturated carbocycles. The van der Waals surface area contributed by atoms with Crippen LogP contribution in [0.3, 0.4) is 0 Å². The Kier molecular flexibility index (Phi) is 8.89. The molecule has 0 heterocycles. The Bertz CT molecular complexity index is 201. The Labute approximate surface area is 115 Å². The third kappa shape index (κ3) is 8.10. The Morgan fingerprint density at radius 3 is 2.06 bits per heavy atom. The SMILES string of the molecule is CC(C)CCOCCC(C)(CNC(C)C)C(C)C. The van der Waals surface area contributed by atoms with E-state index in [4.69, 9.17) is 4.74 Å². The van der Waals surface area contributed by atoms with E-state index >= 15 is 0 Å². The van der Waals surface area contributed by atoms with Gasteiger partial charge in [0.25, 0.3) is 0 Å². The second-order valence-corrected chi connectivity index (χ2v) is 6.89. The molecule has 0 amide bonds. The zero-order chi connectivity index (χ0) is 14.2. The lowest BCUT2D eigenvalue weighted by molar-refractivity contribution is 0.0726. The van der Waals surface area contributed by atoms with Gasteiger partial charge in [-0.25, -0.2) is 0 Å². The van der Waals surface area contributed by atoms with E-state index < -0.39 is 0 Å². The number of ether oxygens (including phenoxy) is 1. The highest BCUT2D eigenvalue weighted by atomic mass is 16.5. The Morgan fingerprint density at radius 2 is 1.61 bits per heavy atom. The predicted octanol–water partition coefficient (Wildman–Crippen LogP) is 4.10. The first kappa shape index (κ1) is 17.9. The van der Waals surface area contributed by atoms with Crippen molar-refractivity contribution in [2.24, 2.45) is 17.3 Å². The number of nitrogens with one attached hydrogen (secondary N) is 1. The summed E-state index contributed by atoms with van der Waals surface area (Å²) in [6.45, 7) is 18.8. The van der Waals surface area contributed by atoms with Crippen molar-refractivity contribution in [3.05, 3.63) is 0 Å². The lowest BCUT2D eigenvalue weighted by atomic mass is 9.76. The molecule has 0 aliphatic rings. The van der Waals surface area contributed by atoms with Crippen molar-refractivity contribution in [1.82, 2.24) is 5.32 Å². The molecule has 0 fully saturated rings. The molecule has 2 nitrogen and oxygen atoms in total. The Hall–Kier alpha value is -0.0800. The van der Waals surface area contributed by atoms with Gasteiger partial charge in [-0.1, -0.05) is 48.5 Å². The maximum absolute atomic E-state index is 5.77. The standard InChI is InChI=1S/C16H35NO/c1-13(2)8-10-18-11-9-16(7,14(3)4)12-17-15(5)6/h13-15,17H,8-12H2,1-7H3. The molecule has 0 aromatic carbocycles. The fourth-order valence-electron chi connectivity index (χ4n) is 1.74. The third-order valence-corrected chi connectivity index (χ3v) is 3.97. The molecule has 1 atom stereocenters. The summed E-state index contributed by atoms with van der Waals surface area (Å²) >= 11 is 0. The molecule has 0 rings (SSSR count). The van der Waals surface area contributed by atoms with Crippen molar-refractivity contribution in [2.75, 3.05) is 19.8 Å². The quantitative estimate of drug-likeness (QED) is 0.595. The number of hydrogen-bond acceptors (Lipinski definition) is 2. The van der Waals surface area contributed by atoms with Gasteiger partial charge in [-0.2, -0.15) is 0 Å². The van der Waals surface area contributed by atoms with Crippen LogP contribution in [0.1, 0.15) is 61.3 Å². The van der Waals surface area contributed by atoms with Gasteiger partial charge < -0.3 is 10.1 Å². The van der Waals surface area contributed by atoms with E-state index in [9.17, 15) is 0 Å². The van der Waals surface area contributed by atoms with E-state index in [0.717, 1.165) is 32.1 Å². The lowest BCUT2D eigenvalue weighted by Crippen LogP contribution is -2.39. The lowest BCUT2D eigenvalue weighted by Gasteiger charge is -2.35. The Balaban J connectivity index is 3.95. The van der Waals surface area contributed by atoms with Gasteiger partial charge in [-0.3, -0.25) is 0 Å². The highest BCUT2D eigenvalue weighted by Gasteiger charge is 2.27. The number of hydrogen-bond donors (Lipinski definition) is 1. The summed E-state index contributed by atoms with van der Waals surface area (Å²) < 4.78 is 5.77. The largest absolute Gasteiger partial charge is 0.381 e. The van der Waals surface area contributed by atoms with Gasteiger partial charge in [0, 0.05) is 25.8 Å². The van der Waals surface area contributed by atoms with Crippen LogP contribution in [0.2, 0.25) is 0 Å². The van der Waals surface area contributed by atoms with Crippen molar-refractivity contribution in [3.63, 3.8) is 0 Å². The molecule has 110 valence electrons. The second kappa shape index (κ2) is 8.92. The van der Waals surface area contributed by atoms with Crippen LogP contribution in [0.15, 0.2) is 0 Å². The van der Waals surface area contributed by atoms with Gasteiger partial charge in [0.2, 0.25) is 0 Å². The predicted molar refractivity (Wildman–Crippen MR) is 81.0 cm³/mol. The van der Waals surface area contributed by atoms with E-state index in [1.807, 2.05) is 0 Å². The van der Waals surface area contributed by atoms with Crippen LogP contribution < -0.4 is 5.32 Å². The van der Waals surface area contributed by atoms with Gasteiger partial charge >= 0.3 is 0 Å². The third-order valence-electron chi connectivity index (χ3n) is 3.97. The van der Waals surface area contributed by atoms with Crippen LogP contribution in [0.4, 0.5) is 0 Å². The Morgan fingerprint density at radius 1 is 1.00 bits per heavy atom. The summed E-state index contributed by atoms with van der Waals surface area (Å²) in [5, 5.41) is 3.57. The molecular formula is C16H35NO. The molecule has 0 aliphatic heterocycles. The van der Waals surface area contributed by atoms with E-state index in [1.165, 1.54) is 6.42 Å². The smallest absolute Gasteiger partial charge is 0.0471 e. The molecule has 1 N–H and O–H groups in total. The summed E-state index contributed by atoms with van der Waals surface area (Å²) in [5.74, 6) is 1.42. The van der Waals surface area contributed by atoms with Gasteiger partial charge in [-0.05, 0) is 30.1 Å². The molecule has 0 radical (unpaired) electrons. The topological polar surface area (TPSA) is 21.3 Å². The zero-order valence-corrected chi connectivity index (χ0v) is 13.7. The first-order chi connectivity index (χ1) is 8.28. The molecule has 1 unspecified atom stereocenters. The minimum absolute atomic E-state index is 0.335. The first-order valence-corrected chi connectivity index (χ1v) is 7.59. The van der Waals surface area contributed by atoms with Crippen LogP contribution >= 0.6 is 0 Å². The van der Waals surface area contributed by atoms with Crippen LogP contribution in [0.5, 0.6) is 0 Å². The second-order valence-electron chi connectivity index (χ2n) is 6.89. The van der Waals surface area contributed by atoms with Crippen molar-refractivity contribution in [3.8, 4) is 0 Å². The summed E-state index contributed by atoms with van der Waals surface area (Å²) in [6, 6.07) is 0.560. The highest BCUT2D eigenvalue weighted by Crippen LogP contribution is 2.30. The van der Waals surface area contributed by atoms with Crippen molar-refractivity contribution in [2.45, 2.75) is 67.3 Å². The van der Waals surface area contributed by atoms with E-state index in [0.29, 0.717) is 17.4 Å². The first-order valence-electron chi connectivity index (χ1n) is 7.59. The molecule has 0 saturated heterocycles. The number of rotatable bonds is 10. The van der Waals surface area contributed by atoms with Crippen LogP contribution in [-0.2, 0) is 4.74 Å². The molecule has 18 heavy (non-hydrogen) atoms. The minimum atomic E-state index is 0.335. The van der Waals surface area contributed by atoms with Gasteiger partial charge in [-0.15, -0.1) is 0 Å².